The molecule has 2 aliphatic carbocycles. The average molecular weight is 1910 g/mol. The first kappa shape index (κ1) is 88.8. The maximum atomic E-state index is 6.09. The van der Waals surface area contributed by atoms with Crippen LogP contribution >= 0.6 is 0 Å². The molecule has 0 spiro atoms. The van der Waals surface area contributed by atoms with Crippen molar-refractivity contribution in [2.24, 2.45) is 0 Å². The molecule has 0 unspecified atom stereocenters. The van der Waals surface area contributed by atoms with Crippen LogP contribution in [0.25, 0.3) is 199 Å². The van der Waals surface area contributed by atoms with E-state index in [4.69, 9.17) is 17.7 Å². The summed E-state index contributed by atoms with van der Waals surface area (Å²) in [5, 5.41) is 11.6. The summed E-state index contributed by atoms with van der Waals surface area (Å²) < 4.78 is 24.3. The van der Waals surface area contributed by atoms with Crippen molar-refractivity contribution in [2.75, 3.05) is 14.7 Å². The standard InChI is InChI=1S/C52H41N.C48H31NO2.C42H27NO2/c1-51(2)47-15-9-7-13-43(47)45-32-38(22-29-49(45)51)35-17-24-40(25-18-35)53(42-28-21-34-11-5-6-12-37(34)31-42)41-26-19-36(20-27-41)39-23-30-50-46(33-39)44-14-8-10-16-48(44)52(50,3)4;1-2-8-32(9-3-1)33-14-22-38(23-15-33)49(39-24-16-34(17-25-39)36-20-28-47-43(30-36)41-10-4-6-12-45(41)50-47)40-26-18-35(19-27-40)37-21-29-48-44(31-37)42-11-5-7-13-46(42)51-48;1-2-8-32(9-3-1)43(33-20-14-28(15-21-33)30-18-24-41-37(26-30)35-10-4-6-12-39(35)44-41)34-22-16-29(17-23-34)31-19-25-42-38(27-31)36-11-5-7-13-40(36)45-42/h5-33H,1-4H3;1-31H;1-27H. The third-order valence-corrected chi connectivity index (χ3v) is 30.7. The number of nitrogens with zero attached hydrogens (tertiary/aromatic N) is 3. The molecule has 0 N–H and O–H groups in total. The molecule has 0 bridgehead atoms. The first-order valence-corrected chi connectivity index (χ1v) is 51.2. The summed E-state index contributed by atoms with van der Waals surface area (Å²) in [6.45, 7) is 9.36. The van der Waals surface area contributed by atoms with E-state index in [1.165, 1.54) is 99.8 Å². The molecule has 149 heavy (non-hydrogen) atoms. The van der Waals surface area contributed by atoms with Crippen molar-refractivity contribution >= 4 is 150 Å². The van der Waals surface area contributed by atoms with E-state index in [0.717, 1.165) is 172 Å². The zero-order valence-corrected chi connectivity index (χ0v) is 82.7. The highest BCUT2D eigenvalue weighted by Crippen LogP contribution is 2.54. The first-order valence-electron chi connectivity index (χ1n) is 51.2. The van der Waals surface area contributed by atoms with Gasteiger partial charge in [0.05, 0.1) is 0 Å². The fourth-order valence-electron chi connectivity index (χ4n) is 22.9. The van der Waals surface area contributed by atoms with Gasteiger partial charge in [-0.3, -0.25) is 0 Å². The zero-order chi connectivity index (χ0) is 99.4. The number of fused-ring (bicyclic) bond motifs is 19. The van der Waals surface area contributed by atoms with Gasteiger partial charge in [0.2, 0.25) is 0 Å². The Morgan fingerprint density at radius 2 is 0.349 bits per heavy atom. The minimum atomic E-state index is 0.00705. The van der Waals surface area contributed by atoms with Gasteiger partial charge in [0.1, 0.15) is 44.7 Å². The van der Waals surface area contributed by atoms with Gasteiger partial charge in [0.15, 0.2) is 0 Å². The van der Waals surface area contributed by atoms with Crippen molar-refractivity contribution in [3.8, 4) is 100 Å². The molecule has 4 heterocycles. The smallest absolute Gasteiger partial charge is 0.135 e. The van der Waals surface area contributed by atoms with Crippen LogP contribution in [-0.2, 0) is 10.8 Å². The monoisotopic (exact) mass is 1910 g/mol. The van der Waals surface area contributed by atoms with Crippen LogP contribution in [0.5, 0.6) is 0 Å². The fraction of sp³-hybridized carbons (Fsp3) is 0.0423. The van der Waals surface area contributed by atoms with Gasteiger partial charge < -0.3 is 32.4 Å². The second kappa shape index (κ2) is 36.6. The molecule has 0 amide bonds. The lowest BCUT2D eigenvalue weighted by Crippen LogP contribution is -2.14. The van der Waals surface area contributed by atoms with Crippen LogP contribution in [0.1, 0.15) is 49.9 Å². The van der Waals surface area contributed by atoms with Crippen molar-refractivity contribution in [1.82, 2.24) is 0 Å². The molecule has 7 nitrogen and oxygen atoms in total. The topological polar surface area (TPSA) is 62.3 Å². The van der Waals surface area contributed by atoms with E-state index in [0.29, 0.717) is 0 Å². The zero-order valence-electron chi connectivity index (χ0n) is 82.7. The van der Waals surface area contributed by atoms with Gasteiger partial charge in [-0.25, -0.2) is 0 Å². The first-order chi connectivity index (χ1) is 73.3. The molecular formula is C142H99N3O4. The number of hydrogen-bond donors (Lipinski definition) is 0. The van der Waals surface area contributed by atoms with Crippen LogP contribution in [0.2, 0.25) is 0 Å². The lowest BCUT2D eigenvalue weighted by atomic mass is 9.82. The number of furan rings is 4. The van der Waals surface area contributed by atoms with E-state index in [1.54, 1.807) is 0 Å². The molecule has 7 heteroatoms. The molecule has 0 radical (unpaired) electrons. The van der Waals surface area contributed by atoms with Crippen LogP contribution < -0.4 is 14.7 Å². The molecule has 0 fully saturated rings. The van der Waals surface area contributed by atoms with E-state index in [1.807, 2.05) is 48.5 Å². The molecule has 23 aromatic carbocycles. The Hall–Kier alpha value is -19.1. The number of para-hydroxylation sites is 5. The minimum absolute atomic E-state index is 0.00705. The summed E-state index contributed by atoms with van der Waals surface area (Å²) in [7, 11) is 0. The predicted molar refractivity (Wildman–Crippen MR) is 623 cm³/mol. The number of anilines is 9. The van der Waals surface area contributed by atoms with E-state index >= 15 is 0 Å². The average Bonchev–Trinajstić information content (AvgIpc) is 1.57. The summed E-state index contributed by atoms with van der Waals surface area (Å²) in [4.78, 5) is 7.00. The molecule has 706 valence electrons. The highest BCUT2D eigenvalue weighted by atomic mass is 16.3. The highest BCUT2D eigenvalue weighted by molar-refractivity contribution is 6.10. The van der Waals surface area contributed by atoms with Crippen LogP contribution in [0, 0.1) is 0 Å². The Morgan fingerprint density at radius 3 is 0.678 bits per heavy atom. The third kappa shape index (κ3) is 16.1. The van der Waals surface area contributed by atoms with Crippen molar-refractivity contribution < 1.29 is 17.7 Å². The SMILES string of the molecule is CC1(C)c2ccccc2-c2cc(-c3ccc(N(c4ccc(-c5ccc6c(c5)-c5ccccc5C6(C)C)cc4)c4ccc5ccccc5c4)cc3)ccc21.c1ccc(-c2ccc(N(c3ccc(-c4ccc5oc6ccccc6c5c4)cc3)c3ccc(-c4ccc5oc6ccccc6c5c4)cc3)cc2)cc1.c1ccc(N(c2ccc(-c3ccc4oc5ccccc5c4c3)cc2)c2ccc(-c3ccc4oc5ccccc5c4c3)cc2)cc1. The van der Waals surface area contributed by atoms with E-state index in [-0.39, 0.29) is 10.8 Å². The Labute approximate surface area is 864 Å². The molecule has 0 saturated heterocycles. The van der Waals surface area contributed by atoms with Gasteiger partial charge in [-0.05, 0) is 327 Å². The summed E-state index contributed by atoms with van der Waals surface area (Å²) in [6, 6.07) is 189. The lowest BCUT2D eigenvalue weighted by molar-refractivity contribution is 0.660. The Balaban J connectivity index is 0.000000110. The third-order valence-electron chi connectivity index (χ3n) is 30.7. The van der Waals surface area contributed by atoms with Crippen molar-refractivity contribution in [3.05, 3.63) is 550 Å². The lowest BCUT2D eigenvalue weighted by Gasteiger charge is -2.26. The maximum Gasteiger partial charge on any atom is 0.135 e. The quantitative estimate of drug-likeness (QED) is 0.0955. The van der Waals surface area contributed by atoms with E-state index in [9.17, 15) is 0 Å². The molecule has 29 rings (SSSR count). The van der Waals surface area contributed by atoms with Gasteiger partial charge >= 0.3 is 0 Å². The van der Waals surface area contributed by atoms with Crippen LogP contribution in [0.15, 0.2) is 545 Å². The van der Waals surface area contributed by atoms with Gasteiger partial charge in [-0.15, -0.1) is 0 Å². The fourth-order valence-corrected chi connectivity index (χ4v) is 22.9. The van der Waals surface area contributed by atoms with Crippen molar-refractivity contribution in [3.63, 3.8) is 0 Å². The van der Waals surface area contributed by atoms with E-state index < -0.39 is 0 Å². The molecule has 0 aliphatic heterocycles. The summed E-state index contributed by atoms with van der Waals surface area (Å²) >= 11 is 0. The molecule has 0 saturated carbocycles. The Kier molecular flexibility index (Phi) is 21.8. The predicted octanol–water partition coefficient (Wildman–Crippen LogP) is 40.5. The number of rotatable bonds is 16. The second-order valence-electron chi connectivity index (χ2n) is 40.2. The van der Waals surface area contributed by atoms with Gasteiger partial charge in [-0.1, -0.05) is 361 Å². The summed E-state index contributed by atoms with van der Waals surface area (Å²) in [6.07, 6.45) is 0. The molecule has 4 aromatic heterocycles. The number of hydrogen-bond acceptors (Lipinski definition) is 7. The normalized spacial score (nSPS) is 12.5. The number of benzene rings is 23. The molecular weight excluding hydrogens is 1810 g/mol. The van der Waals surface area contributed by atoms with Gasteiger partial charge in [-0.2, -0.15) is 0 Å². The highest BCUT2D eigenvalue weighted by Gasteiger charge is 2.37. The molecule has 2 aliphatic rings. The van der Waals surface area contributed by atoms with Crippen LogP contribution in [0.3, 0.4) is 0 Å². The summed E-state index contributed by atoms with van der Waals surface area (Å²) in [5.74, 6) is 0. The van der Waals surface area contributed by atoms with E-state index in [2.05, 4.69) is 522 Å². The van der Waals surface area contributed by atoms with Crippen molar-refractivity contribution in [1.29, 1.82) is 0 Å². The largest absolute Gasteiger partial charge is 0.456 e. The van der Waals surface area contributed by atoms with Gasteiger partial charge in [0.25, 0.3) is 0 Å². The Morgan fingerprint density at radius 1 is 0.134 bits per heavy atom. The Bertz CT molecular complexity index is 9340. The molecule has 27 aromatic rings. The molecule has 0 atom stereocenters. The van der Waals surface area contributed by atoms with Crippen LogP contribution in [0.4, 0.5) is 51.2 Å². The maximum absolute atomic E-state index is 6.09. The second-order valence-corrected chi connectivity index (χ2v) is 40.2. The van der Waals surface area contributed by atoms with Gasteiger partial charge in [0, 0.05) is 105 Å². The summed E-state index contributed by atoms with van der Waals surface area (Å²) in [5.41, 5.74) is 44.9. The van der Waals surface area contributed by atoms with Crippen LogP contribution in [-0.4, -0.2) is 0 Å². The minimum Gasteiger partial charge on any atom is -0.456 e. The van der Waals surface area contributed by atoms with Crippen molar-refractivity contribution in [2.45, 2.75) is 38.5 Å².